The van der Waals surface area contributed by atoms with Gasteiger partial charge < -0.3 is 9.64 Å². The Morgan fingerprint density at radius 2 is 2.18 bits per heavy atom. The first-order valence-electron chi connectivity index (χ1n) is 6.06. The van der Waals surface area contributed by atoms with Crippen LogP contribution in [-0.2, 0) is 4.74 Å². The normalized spacial score (nSPS) is 17.5. The molecule has 2 rings (SSSR count). The third-order valence-electron chi connectivity index (χ3n) is 2.99. The van der Waals surface area contributed by atoms with E-state index in [0.29, 0.717) is 11.1 Å². The molecule has 4 nitrogen and oxygen atoms in total. The molecule has 0 amide bonds. The van der Waals surface area contributed by atoms with Gasteiger partial charge in [-0.2, -0.15) is 0 Å². The summed E-state index contributed by atoms with van der Waals surface area (Å²) in [5.41, 5.74) is 0. The van der Waals surface area contributed by atoms with Gasteiger partial charge in [0, 0.05) is 19.7 Å². The van der Waals surface area contributed by atoms with Gasteiger partial charge in [-0.15, -0.1) is 0 Å². The molecule has 0 N–H and O–H groups in total. The molecule has 0 saturated carbocycles. The van der Waals surface area contributed by atoms with Crippen LogP contribution in [0, 0.1) is 6.92 Å². The maximum atomic E-state index is 6.13. The third kappa shape index (κ3) is 3.07. The lowest BCUT2D eigenvalue weighted by atomic mass is 10.1. The van der Waals surface area contributed by atoms with Crippen LogP contribution in [0.25, 0.3) is 0 Å². The van der Waals surface area contributed by atoms with Crippen molar-refractivity contribution in [1.29, 1.82) is 0 Å². The molecule has 17 heavy (non-hydrogen) atoms. The second-order valence-corrected chi connectivity index (χ2v) is 4.64. The van der Waals surface area contributed by atoms with Crippen LogP contribution in [0.2, 0.25) is 5.02 Å². The fourth-order valence-corrected chi connectivity index (χ4v) is 2.35. The van der Waals surface area contributed by atoms with Gasteiger partial charge in [0.1, 0.15) is 10.8 Å². The van der Waals surface area contributed by atoms with Gasteiger partial charge in [-0.3, -0.25) is 0 Å². The van der Waals surface area contributed by atoms with Gasteiger partial charge in [-0.05, 0) is 26.7 Å². The molecule has 1 aliphatic heterocycles. The van der Waals surface area contributed by atoms with E-state index >= 15 is 0 Å². The number of piperidine rings is 1. The molecule has 2 heterocycles. The molecule has 0 bridgehead atoms. The van der Waals surface area contributed by atoms with Gasteiger partial charge in [-0.25, -0.2) is 9.97 Å². The lowest BCUT2D eigenvalue weighted by Gasteiger charge is -2.32. The highest BCUT2D eigenvalue weighted by molar-refractivity contribution is 6.32. The summed E-state index contributed by atoms with van der Waals surface area (Å²) in [7, 11) is 0. The molecule has 0 aliphatic carbocycles. The Labute approximate surface area is 107 Å². The Kier molecular flexibility index (Phi) is 4.18. The smallest absolute Gasteiger partial charge is 0.151 e. The molecule has 1 aromatic rings. The summed E-state index contributed by atoms with van der Waals surface area (Å²) in [4.78, 5) is 10.7. The number of aryl methyl sites for hydroxylation is 1. The minimum Gasteiger partial charge on any atom is -0.378 e. The first-order chi connectivity index (χ1) is 8.20. The van der Waals surface area contributed by atoms with E-state index in [1.54, 1.807) is 6.20 Å². The van der Waals surface area contributed by atoms with Gasteiger partial charge >= 0.3 is 0 Å². The zero-order valence-electron chi connectivity index (χ0n) is 10.3. The monoisotopic (exact) mass is 255 g/mol. The Morgan fingerprint density at radius 3 is 2.82 bits per heavy atom. The highest BCUT2D eigenvalue weighted by Gasteiger charge is 2.21. The second-order valence-electron chi connectivity index (χ2n) is 4.23. The molecule has 0 unspecified atom stereocenters. The summed E-state index contributed by atoms with van der Waals surface area (Å²) < 4.78 is 5.63. The zero-order chi connectivity index (χ0) is 12.3. The largest absolute Gasteiger partial charge is 0.378 e. The number of nitrogens with zero attached hydrogens (tertiary/aromatic N) is 3. The summed E-state index contributed by atoms with van der Waals surface area (Å²) in [6.07, 6.45) is 4.13. The molecular formula is C12H18ClN3O. The molecule has 1 aliphatic rings. The number of hydrogen-bond donors (Lipinski definition) is 0. The highest BCUT2D eigenvalue weighted by atomic mass is 35.5. The fraction of sp³-hybridized carbons (Fsp3) is 0.667. The molecule has 1 saturated heterocycles. The lowest BCUT2D eigenvalue weighted by molar-refractivity contribution is 0.0458. The highest BCUT2D eigenvalue weighted by Crippen LogP contribution is 2.26. The van der Waals surface area contributed by atoms with Crippen molar-refractivity contribution < 1.29 is 4.74 Å². The number of rotatable bonds is 3. The number of aromatic nitrogens is 2. The van der Waals surface area contributed by atoms with Gasteiger partial charge in [0.25, 0.3) is 0 Å². The van der Waals surface area contributed by atoms with Crippen LogP contribution >= 0.6 is 11.6 Å². The van der Waals surface area contributed by atoms with E-state index < -0.39 is 0 Å². The quantitative estimate of drug-likeness (QED) is 0.832. The molecule has 0 aromatic carbocycles. The molecule has 0 radical (unpaired) electrons. The SMILES string of the molecule is CCOC1CCN(c2nc(C)ncc2Cl)CC1. The second kappa shape index (κ2) is 5.65. The number of halogens is 1. The number of hydrogen-bond acceptors (Lipinski definition) is 4. The Bertz CT molecular complexity index is 378. The van der Waals surface area contributed by atoms with Gasteiger partial charge in [0.05, 0.1) is 12.3 Å². The van der Waals surface area contributed by atoms with Crippen LogP contribution in [0.1, 0.15) is 25.6 Å². The van der Waals surface area contributed by atoms with E-state index in [0.717, 1.165) is 44.2 Å². The molecule has 0 atom stereocenters. The van der Waals surface area contributed by atoms with Crippen molar-refractivity contribution in [2.75, 3.05) is 24.6 Å². The van der Waals surface area contributed by atoms with Gasteiger partial charge in [0.15, 0.2) is 5.82 Å². The standard InChI is InChI=1S/C12H18ClN3O/c1-3-17-10-4-6-16(7-5-10)12-11(13)8-14-9(2)15-12/h8,10H,3-7H2,1-2H3. The van der Waals surface area contributed by atoms with E-state index in [4.69, 9.17) is 16.3 Å². The van der Waals surface area contributed by atoms with Crippen molar-refractivity contribution in [3.63, 3.8) is 0 Å². The maximum Gasteiger partial charge on any atom is 0.151 e. The van der Waals surface area contributed by atoms with Crippen molar-refractivity contribution >= 4 is 17.4 Å². The Hall–Kier alpha value is -0.870. The predicted octanol–water partition coefficient (Wildman–Crippen LogP) is 2.44. The molecule has 5 heteroatoms. The summed E-state index contributed by atoms with van der Waals surface area (Å²) in [5.74, 6) is 1.62. The van der Waals surface area contributed by atoms with Crippen LogP contribution < -0.4 is 4.90 Å². The minimum absolute atomic E-state index is 0.387. The van der Waals surface area contributed by atoms with E-state index in [2.05, 4.69) is 14.9 Å². The molecule has 1 fully saturated rings. The van der Waals surface area contributed by atoms with E-state index in [1.807, 2.05) is 13.8 Å². The average molecular weight is 256 g/mol. The lowest BCUT2D eigenvalue weighted by Crippen LogP contribution is -2.37. The summed E-state index contributed by atoms with van der Waals surface area (Å²) >= 11 is 6.13. The van der Waals surface area contributed by atoms with Crippen LogP contribution in [0.15, 0.2) is 6.20 Å². The topological polar surface area (TPSA) is 38.2 Å². The van der Waals surface area contributed by atoms with Crippen molar-refractivity contribution in [2.45, 2.75) is 32.8 Å². The van der Waals surface area contributed by atoms with Gasteiger partial charge in [-0.1, -0.05) is 11.6 Å². The maximum absolute atomic E-state index is 6.13. The van der Waals surface area contributed by atoms with Gasteiger partial charge in [0.2, 0.25) is 0 Å². The van der Waals surface area contributed by atoms with Crippen LogP contribution in [0.3, 0.4) is 0 Å². The van der Waals surface area contributed by atoms with E-state index in [1.165, 1.54) is 0 Å². The first-order valence-corrected chi connectivity index (χ1v) is 6.44. The molecule has 0 spiro atoms. The van der Waals surface area contributed by atoms with Crippen molar-refractivity contribution in [3.05, 3.63) is 17.0 Å². The fourth-order valence-electron chi connectivity index (χ4n) is 2.14. The van der Waals surface area contributed by atoms with Crippen molar-refractivity contribution in [3.8, 4) is 0 Å². The number of anilines is 1. The van der Waals surface area contributed by atoms with Crippen molar-refractivity contribution in [1.82, 2.24) is 9.97 Å². The number of ether oxygens (including phenoxy) is 1. The molecular weight excluding hydrogens is 238 g/mol. The summed E-state index contributed by atoms with van der Waals surface area (Å²) in [6.45, 7) is 6.60. The van der Waals surface area contributed by atoms with Crippen molar-refractivity contribution in [2.24, 2.45) is 0 Å². The average Bonchev–Trinajstić information content (AvgIpc) is 2.34. The molecule has 94 valence electrons. The van der Waals surface area contributed by atoms with Crippen LogP contribution in [0.5, 0.6) is 0 Å². The minimum atomic E-state index is 0.387. The summed E-state index contributed by atoms with van der Waals surface area (Å²) in [5, 5.41) is 0.630. The van der Waals surface area contributed by atoms with Crippen LogP contribution in [0.4, 0.5) is 5.82 Å². The third-order valence-corrected chi connectivity index (χ3v) is 3.26. The zero-order valence-corrected chi connectivity index (χ0v) is 11.1. The summed E-state index contributed by atoms with van der Waals surface area (Å²) in [6, 6.07) is 0. The predicted molar refractivity (Wildman–Crippen MR) is 68.6 cm³/mol. The first kappa shape index (κ1) is 12.6. The van der Waals surface area contributed by atoms with E-state index in [9.17, 15) is 0 Å². The molecule has 1 aromatic heterocycles. The Balaban J connectivity index is 2.02. The van der Waals surface area contributed by atoms with E-state index in [-0.39, 0.29) is 0 Å². The van der Waals surface area contributed by atoms with Crippen LogP contribution in [-0.4, -0.2) is 35.8 Å². The Morgan fingerprint density at radius 1 is 1.47 bits per heavy atom.